The second-order valence-corrected chi connectivity index (χ2v) is 7.50. The number of methoxy groups -OCH3 is 1. The van der Waals surface area contributed by atoms with E-state index in [0.29, 0.717) is 6.61 Å². The minimum Gasteiger partial charge on any atom is -0.493 e. The summed E-state index contributed by atoms with van der Waals surface area (Å²) in [4.78, 5) is 2.50. The van der Waals surface area contributed by atoms with E-state index in [1.54, 1.807) is 7.11 Å². The molecule has 0 radical (unpaired) electrons. The summed E-state index contributed by atoms with van der Waals surface area (Å²) in [5, 5.41) is 0. The standard InChI is InChI=1S/C25H27NO2/c1-19-7-6-10-21(13-19)16-26-12-11-22-14-25(24(27-2)15-23(22)17-26)28-18-20-8-4-3-5-9-20/h3-10,13-15H,11-12,16-18H2,1-2H3. The van der Waals surface area contributed by atoms with Crippen molar-refractivity contribution < 1.29 is 9.47 Å². The van der Waals surface area contributed by atoms with E-state index >= 15 is 0 Å². The highest BCUT2D eigenvalue weighted by molar-refractivity contribution is 5.48. The van der Waals surface area contributed by atoms with E-state index in [1.165, 1.54) is 22.3 Å². The van der Waals surface area contributed by atoms with Gasteiger partial charge in [0.15, 0.2) is 11.5 Å². The van der Waals surface area contributed by atoms with Crippen LogP contribution in [0, 0.1) is 6.92 Å². The first-order valence-corrected chi connectivity index (χ1v) is 9.85. The number of ether oxygens (including phenoxy) is 2. The predicted molar refractivity (Wildman–Crippen MR) is 113 cm³/mol. The van der Waals surface area contributed by atoms with Crippen LogP contribution in [0.1, 0.15) is 27.8 Å². The van der Waals surface area contributed by atoms with Gasteiger partial charge in [-0.05, 0) is 47.7 Å². The van der Waals surface area contributed by atoms with Crippen LogP contribution < -0.4 is 9.47 Å². The molecule has 1 heterocycles. The Morgan fingerprint density at radius 1 is 0.857 bits per heavy atom. The Morgan fingerprint density at radius 2 is 1.64 bits per heavy atom. The van der Waals surface area contributed by atoms with Gasteiger partial charge in [-0.2, -0.15) is 0 Å². The molecule has 0 saturated carbocycles. The van der Waals surface area contributed by atoms with Crippen LogP contribution in [-0.4, -0.2) is 18.6 Å². The maximum atomic E-state index is 6.08. The molecule has 0 aromatic heterocycles. The number of rotatable bonds is 6. The van der Waals surface area contributed by atoms with E-state index in [2.05, 4.69) is 60.4 Å². The average molecular weight is 373 g/mol. The Bertz CT molecular complexity index is 937. The minimum absolute atomic E-state index is 0.551. The van der Waals surface area contributed by atoms with Crippen molar-refractivity contribution in [2.24, 2.45) is 0 Å². The Morgan fingerprint density at radius 3 is 2.43 bits per heavy atom. The predicted octanol–water partition coefficient (Wildman–Crippen LogP) is 5.14. The van der Waals surface area contributed by atoms with Crippen LogP contribution in [-0.2, 0) is 26.1 Å². The molecule has 0 spiro atoms. The van der Waals surface area contributed by atoms with E-state index in [-0.39, 0.29) is 0 Å². The molecule has 4 rings (SSSR count). The van der Waals surface area contributed by atoms with Crippen molar-refractivity contribution >= 4 is 0 Å². The molecule has 1 aliphatic rings. The first-order chi connectivity index (χ1) is 13.7. The van der Waals surface area contributed by atoms with E-state index in [1.807, 2.05) is 18.2 Å². The maximum Gasteiger partial charge on any atom is 0.161 e. The summed E-state index contributed by atoms with van der Waals surface area (Å²) in [7, 11) is 1.71. The number of aryl methyl sites for hydroxylation is 1. The molecule has 1 aliphatic heterocycles. The molecular formula is C25H27NO2. The first-order valence-electron chi connectivity index (χ1n) is 9.85. The average Bonchev–Trinajstić information content (AvgIpc) is 2.72. The van der Waals surface area contributed by atoms with Crippen LogP contribution in [0.5, 0.6) is 11.5 Å². The summed E-state index contributed by atoms with van der Waals surface area (Å²) in [5.74, 6) is 1.64. The monoisotopic (exact) mass is 373 g/mol. The zero-order valence-electron chi connectivity index (χ0n) is 16.7. The highest BCUT2D eigenvalue weighted by atomic mass is 16.5. The van der Waals surface area contributed by atoms with Gasteiger partial charge < -0.3 is 9.47 Å². The van der Waals surface area contributed by atoms with Gasteiger partial charge in [0.05, 0.1) is 7.11 Å². The fraction of sp³-hybridized carbons (Fsp3) is 0.280. The lowest BCUT2D eigenvalue weighted by molar-refractivity contribution is 0.242. The molecule has 144 valence electrons. The lowest BCUT2D eigenvalue weighted by Crippen LogP contribution is -2.30. The van der Waals surface area contributed by atoms with Crippen molar-refractivity contribution in [1.82, 2.24) is 4.90 Å². The van der Waals surface area contributed by atoms with Crippen LogP contribution >= 0.6 is 0 Å². The van der Waals surface area contributed by atoms with Gasteiger partial charge in [-0.1, -0.05) is 60.2 Å². The molecule has 0 bridgehead atoms. The van der Waals surface area contributed by atoms with Gasteiger partial charge in [0.1, 0.15) is 6.61 Å². The lowest BCUT2D eigenvalue weighted by Gasteiger charge is -2.29. The third-order valence-electron chi connectivity index (χ3n) is 5.30. The van der Waals surface area contributed by atoms with E-state index in [0.717, 1.165) is 43.1 Å². The molecule has 28 heavy (non-hydrogen) atoms. The van der Waals surface area contributed by atoms with Crippen molar-refractivity contribution in [3.8, 4) is 11.5 Å². The summed E-state index contributed by atoms with van der Waals surface area (Å²) in [5.41, 5.74) is 6.55. The Hall–Kier alpha value is -2.78. The Kier molecular flexibility index (Phi) is 5.63. The second kappa shape index (κ2) is 8.49. The highest BCUT2D eigenvalue weighted by Crippen LogP contribution is 2.34. The SMILES string of the molecule is COc1cc2c(cc1OCc1ccccc1)CCN(Cc1cccc(C)c1)C2. The van der Waals surface area contributed by atoms with Crippen molar-refractivity contribution in [2.45, 2.75) is 33.0 Å². The highest BCUT2D eigenvalue weighted by Gasteiger charge is 2.20. The van der Waals surface area contributed by atoms with Gasteiger partial charge in [0.25, 0.3) is 0 Å². The third-order valence-corrected chi connectivity index (χ3v) is 5.30. The summed E-state index contributed by atoms with van der Waals surface area (Å²) in [6.45, 7) is 5.69. The largest absolute Gasteiger partial charge is 0.493 e. The Labute approximate surface area is 167 Å². The molecule has 0 atom stereocenters. The number of hydrogen-bond donors (Lipinski definition) is 0. The number of hydrogen-bond acceptors (Lipinski definition) is 3. The fourth-order valence-corrected chi connectivity index (χ4v) is 3.83. The van der Waals surface area contributed by atoms with Crippen molar-refractivity contribution in [3.63, 3.8) is 0 Å². The van der Waals surface area contributed by atoms with Crippen LogP contribution in [0.15, 0.2) is 66.7 Å². The molecule has 3 nitrogen and oxygen atoms in total. The topological polar surface area (TPSA) is 21.7 Å². The smallest absolute Gasteiger partial charge is 0.161 e. The first kappa shape index (κ1) is 18.6. The molecule has 0 fully saturated rings. The van der Waals surface area contributed by atoms with Gasteiger partial charge in [-0.3, -0.25) is 4.90 Å². The molecule has 3 heteroatoms. The minimum atomic E-state index is 0.551. The zero-order valence-corrected chi connectivity index (χ0v) is 16.7. The molecule has 3 aromatic rings. The van der Waals surface area contributed by atoms with Crippen LogP contribution in [0.25, 0.3) is 0 Å². The molecule has 0 aliphatic carbocycles. The summed E-state index contributed by atoms with van der Waals surface area (Å²) < 4.78 is 11.7. The van der Waals surface area contributed by atoms with Crippen LogP contribution in [0.2, 0.25) is 0 Å². The van der Waals surface area contributed by atoms with E-state index in [9.17, 15) is 0 Å². The number of benzene rings is 3. The van der Waals surface area contributed by atoms with Crippen LogP contribution in [0.3, 0.4) is 0 Å². The zero-order chi connectivity index (χ0) is 19.3. The van der Waals surface area contributed by atoms with Crippen molar-refractivity contribution in [2.75, 3.05) is 13.7 Å². The molecule has 0 N–H and O–H groups in total. The third kappa shape index (κ3) is 4.37. The van der Waals surface area contributed by atoms with Gasteiger partial charge in [-0.15, -0.1) is 0 Å². The quantitative estimate of drug-likeness (QED) is 0.597. The summed E-state index contributed by atoms with van der Waals surface area (Å²) in [6.07, 6.45) is 1.03. The Balaban J connectivity index is 1.48. The number of fused-ring (bicyclic) bond motifs is 1. The van der Waals surface area contributed by atoms with E-state index < -0.39 is 0 Å². The van der Waals surface area contributed by atoms with Gasteiger partial charge in [0, 0.05) is 19.6 Å². The van der Waals surface area contributed by atoms with Crippen molar-refractivity contribution in [3.05, 3.63) is 94.5 Å². The van der Waals surface area contributed by atoms with Crippen LogP contribution in [0.4, 0.5) is 0 Å². The molecule has 0 saturated heterocycles. The summed E-state index contributed by atoms with van der Waals surface area (Å²) >= 11 is 0. The van der Waals surface area contributed by atoms with Gasteiger partial charge in [-0.25, -0.2) is 0 Å². The molecule has 3 aromatic carbocycles. The molecule has 0 amide bonds. The lowest BCUT2D eigenvalue weighted by atomic mass is 9.98. The summed E-state index contributed by atoms with van der Waals surface area (Å²) in [6, 6.07) is 23.3. The maximum absolute atomic E-state index is 6.08. The van der Waals surface area contributed by atoms with Crippen molar-refractivity contribution in [1.29, 1.82) is 0 Å². The molecular weight excluding hydrogens is 346 g/mol. The van der Waals surface area contributed by atoms with Gasteiger partial charge >= 0.3 is 0 Å². The van der Waals surface area contributed by atoms with E-state index in [4.69, 9.17) is 9.47 Å². The van der Waals surface area contributed by atoms with Gasteiger partial charge in [0.2, 0.25) is 0 Å². The normalized spacial score (nSPS) is 13.8. The number of nitrogens with zero attached hydrogens (tertiary/aromatic N) is 1. The second-order valence-electron chi connectivity index (χ2n) is 7.50. The fourth-order valence-electron chi connectivity index (χ4n) is 3.83. The molecule has 0 unspecified atom stereocenters.